The van der Waals surface area contributed by atoms with Crippen LogP contribution in [0.1, 0.15) is 20.7 Å². The summed E-state index contributed by atoms with van der Waals surface area (Å²) in [5.41, 5.74) is -0.0367. The number of aromatic carboxylic acids is 2. The summed E-state index contributed by atoms with van der Waals surface area (Å²) < 4.78 is 24.6. The van der Waals surface area contributed by atoms with Crippen molar-refractivity contribution in [2.45, 2.75) is 9.79 Å². The molecule has 0 saturated heterocycles. The van der Waals surface area contributed by atoms with E-state index in [0.717, 1.165) is 0 Å². The molecule has 22 heavy (non-hydrogen) atoms. The Morgan fingerprint density at radius 2 is 0.955 bits per heavy atom. The van der Waals surface area contributed by atoms with Gasteiger partial charge < -0.3 is 10.2 Å². The maximum absolute atomic E-state index is 12.3. The van der Waals surface area contributed by atoms with Crippen molar-refractivity contribution in [1.82, 2.24) is 0 Å². The Morgan fingerprint density at radius 3 is 1.18 bits per heavy atom. The first kappa shape index (κ1) is 18.6. The maximum atomic E-state index is 12.3. The molecule has 0 spiro atoms. The van der Waals surface area contributed by atoms with Crippen LogP contribution in [0.25, 0.3) is 0 Å². The van der Waals surface area contributed by atoms with Gasteiger partial charge in [0.05, 0.1) is 20.9 Å². The number of carbonyl (C=O) groups is 2. The molecule has 8 heteroatoms. The SMILES string of the molecule is O=C(O)c1ccc(S(=O)(=O)c2ccc(C(=O)O)cc2)cc1.[CaH2]. The third-order valence-corrected chi connectivity index (χ3v) is 4.61. The monoisotopic (exact) mass is 348 g/mol. The summed E-state index contributed by atoms with van der Waals surface area (Å²) in [6.07, 6.45) is 0. The zero-order valence-corrected chi connectivity index (χ0v) is 11.4. The standard InChI is InChI=1S/C14H10O6S.Ca.2H/c15-13(16)9-1-5-11(6-2-9)21(19,20)12-7-3-10(4-8-12)14(17)18;;;/h1-8H,(H,15,16)(H,17,18);;;. The molecule has 0 amide bonds. The van der Waals surface area contributed by atoms with E-state index in [2.05, 4.69) is 0 Å². The molecule has 0 aromatic heterocycles. The number of hydrogen-bond donors (Lipinski definition) is 2. The Morgan fingerprint density at radius 1 is 0.682 bits per heavy atom. The van der Waals surface area contributed by atoms with Crippen molar-refractivity contribution in [3.05, 3.63) is 59.7 Å². The molecule has 0 heterocycles. The molecule has 0 atom stereocenters. The number of hydrogen-bond acceptors (Lipinski definition) is 4. The van der Waals surface area contributed by atoms with Gasteiger partial charge in [-0.2, -0.15) is 0 Å². The van der Waals surface area contributed by atoms with E-state index >= 15 is 0 Å². The Labute approximate surface area is 156 Å². The third-order valence-electron chi connectivity index (χ3n) is 2.82. The third kappa shape index (κ3) is 3.86. The van der Waals surface area contributed by atoms with E-state index in [9.17, 15) is 18.0 Å². The molecule has 0 aliphatic heterocycles. The molecule has 2 aromatic rings. The Bertz CT molecular complexity index is 731. The zero-order valence-electron chi connectivity index (χ0n) is 10.6. The van der Waals surface area contributed by atoms with Crippen molar-refractivity contribution >= 4 is 59.5 Å². The molecule has 0 saturated carbocycles. The molecule has 0 radical (unpaired) electrons. The molecule has 0 aliphatic carbocycles. The van der Waals surface area contributed by atoms with Crippen molar-refractivity contribution < 1.29 is 28.2 Å². The molecule has 0 aliphatic rings. The first-order valence-corrected chi connectivity index (χ1v) is 7.22. The Hall–Kier alpha value is -1.41. The van der Waals surface area contributed by atoms with Gasteiger partial charge in [0.1, 0.15) is 0 Å². The van der Waals surface area contributed by atoms with Gasteiger partial charge in [-0.05, 0) is 48.5 Å². The van der Waals surface area contributed by atoms with Crippen molar-refractivity contribution in [3.63, 3.8) is 0 Å². The van der Waals surface area contributed by atoms with E-state index < -0.39 is 21.8 Å². The van der Waals surface area contributed by atoms with Crippen molar-refractivity contribution in [2.75, 3.05) is 0 Å². The van der Waals surface area contributed by atoms with E-state index in [1.807, 2.05) is 0 Å². The van der Waals surface area contributed by atoms with Crippen LogP contribution in [-0.2, 0) is 9.84 Å². The van der Waals surface area contributed by atoms with Crippen LogP contribution in [0, 0.1) is 0 Å². The van der Waals surface area contributed by atoms with Crippen LogP contribution in [0.3, 0.4) is 0 Å². The molecule has 112 valence electrons. The summed E-state index contributed by atoms with van der Waals surface area (Å²) >= 11 is 0. The fourth-order valence-electron chi connectivity index (χ4n) is 1.69. The molecule has 2 aromatic carbocycles. The summed E-state index contributed by atoms with van der Waals surface area (Å²) in [5.74, 6) is -2.30. The van der Waals surface area contributed by atoms with Crippen LogP contribution in [-0.4, -0.2) is 68.3 Å². The molecule has 0 unspecified atom stereocenters. The molecule has 6 nitrogen and oxygen atoms in total. The van der Waals surface area contributed by atoms with Crippen LogP contribution in [0.4, 0.5) is 0 Å². The predicted octanol–water partition coefficient (Wildman–Crippen LogP) is 1.000. The van der Waals surface area contributed by atoms with E-state index in [-0.39, 0.29) is 58.7 Å². The van der Waals surface area contributed by atoms with Crippen LogP contribution in [0.15, 0.2) is 58.3 Å². The van der Waals surface area contributed by atoms with Gasteiger partial charge in [-0.15, -0.1) is 0 Å². The summed E-state index contributed by atoms with van der Waals surface area (Å²) in [5, 5.41) is 17.5. The van der Waals surface area contributed by atoms with Gasteiger partial charge in [0, 0.05) is 0 Å². The molecule has 0 bridgehead atoms. The second-order valence-electron chi connectivity index (χ2n) is 4.16. The number of benzene rings is 2. The fourth-order valence-corrected chi connectivity index (χ4v) is 2.95. The fraction of sp³-hybridized carbons (Fsp3) is 0. The summed E-state index contributed by atoms with van der Waals surface area (Å²) in [6.45, 7) is 0. The van der Waals surface area contributed by atoms with Gasteiger partial charge in [0.2, 0.25) is 9.84 Å². The minimum atomic E-state index is -3.81. The van der Waals surface area contributed by atoms with E-state index in [1.165, 1.54) is 48.5 Å². The number of rotatable bonds is 4. The topological polar surface area (TPSA) is 109 Å². The van der Waals surface area contributed by atoms with Crippen LogP contribution in [0.5, 0.6) is 0 Å². The summed E-state index contributed by atoms with van der Waals surface area (Å²) in [6, 6.07) is 9.57. The second-order valence-corrected chi connectivity index (χ2v) is 6.11. The molecular formula is C14H12CaO6S. The number of sulfone groups is 1. The van der Waals surface area contributed by atoms with Crippen LogP contribution in [0.2, 0.25) is 0 Å². The Kier molecular flexibility index (Phi) is 6.13. The quantitative estimate of drug-likeness (QED) is 0.798. The van der Waals surface area contributed by atoms with E-state index in [1.54, 1.807) is 0 Å². The molecule has 0 fully saturated rings. The summed E-state index contributed by atoms with van der Waals surface area (Å²) in [7, 11) is -3.81. The van der Waals surface area contributed by atoms with E-state index in [4.69, 9.17) is 10.2 Å². The van der Waals surface area contributed by atoms with Gasteiger partial charge in [-0.1, -0.05) is 0 Å². The van der Waals surface area contributed by atoms with Gasteiger partial charge in [0.25, 0.3) is 0 Å². The van der Waals surface area contributed by atoms with Gasteiger partial charge >= 0.3 is 49.7 Å². The number of carboxylic acids is 2. The van der Waals surface area contributed by atoms with Crippen LogP contribution >= 0.6 is 0 Å². The first-order valence-electron chi connectivity index (χ1n) is 5.74. The average molecular weight is 348 g/mol. The molecule has 2 rings (SSSR count). The predicted molar refractivity (Wildman–Crippen MR) is 80.8 cm³/mol. The van der Waals surface area contributed by atoms with Crippen molar-refractivity contribution in [3.8, 4) is 0 Å². The van der Waals surface area contributed by atoms with Crippen LogP contribution < -0.4 is 0 Å². The van der Waals surface area contributed by atoms with Crippen molar-refractivity contribution in [1.29, 1.82) is 0 Å². The zero-order chi connectivity index (χ0) is 15.6. The average Bonchev–Trinajstić information content (AvgIpc) is 2.47. The van der Waals surface area contributed by atoms with E-state index in [0.29, 0.717) is 0 Å². The molecule has 2 N–H and O–H groups in total. The Balaban J connectivity index is 0.00000242. The first-order chi connectivity index (χ1) is 9.82. The van der Waals surface area contributed by atoms with Gasteiger partial charge in [0.15, 0.2) is 0 Å². The molecular weight excluding hydrogens is 336 g/mol. The normalized spacial score (nSPS) is 10.5. The van der Waals surface area contributed by atoms with Crippen molar-refractivity contribution in [2.24, 2.45) is 0 Å². The number of carboxylic acid groups (broad SMARTS) is 2. The second kappa shape index (κ2) is 7.23. The summed E-state index contributed by atoms with van der Waals surface area (Å²) in [4.78, 5) is 21.3. The van der Waals surface area contributed by atoms with Gasteiger partial charge in [-0.25, -0.2) is 18.0 Å². The van der Waals surface area contributed by atoms with Gasteiger partial charge in [-0.3, -0.25) is 0 Å². The minimum absolute atomic E-state index is 0.